The van der Waals surface area contributed by atoms with Crippen molar-refractivity contribution in [1.29, 1.82) is 0 Å². The van der Waals surface area contributed by atoms with Crippen LogP contribution in [0.25, 0.3) is 0 Å². The minimum atomic E-state index is -0.421. The van der Waals surface area contributed by atoms with Crippen LogP contribution < -0.4 is 5.32 Å². The Hall–Kier alpha value is -2.19. The summed E-state index contributed by atoms with van der Waals surface area (Å²) in [6.07, 6.45) is 2.95. The summed E-state index contributed by atoms with van der Waals surface area (Å²) in [5.41, 5.74) is 0.787. The van der Waals surface area contributed by atoms with Gasteiger partial charge in [-0.25, -0.2) is 9.97 Å². The van der Waals surface area contributed by atoms with Gasteiger partial charge < -0.3 is 0 Å². The number of hydrogen-bond donors (Lipinski definition) is 1. The van der Waals surface area contributed by atoms with Crippen molar-refractivity contribution < 1.29 is 4.79 Å². The number of amides is 1. The van der Waals surface area contributed by atoms with Crippen molar-refractivity contribution in [2.75, 3.05) is 5.32 Å². The maximum Gasteiger partial charge on any atom is 0.301 e. The molecule has 0 bridgehead atoms. The summed E-state index contributed by atoms with van der Waals surface area (Å²) in [7, 11) is 0. The first-order valence-electron chi connectivity index (χ1n) is 5.09. The first-order valence-corrected chi connectivity index (χ1v) is 5.89. The van der Waals surface area contributed by atoms with Crippen LogP contribution in [-0.4, -0.2) is 15.9 Å². The van der Waals surface area contributed by atoms with Gasteiger partial charge in [0.2, 0.25) is 0 Å². The zero-order chi connectivity index (χ0) is 12.8. The molecular formula is C13H8BrN3O. The molecule has 0 aliphatic heterocycles. The lowest BCUT2D eigenvalue weighted by Gasteiger charge is -1.97. The van der Waals surface area contributed by atoms with E-state index in [0.29, 0.717) is 10.4 Å². The number of halogens is 1. The van der Waals surface area contributed by atoms with Crippen molar-refractivity contribution in [3.05, 3.63) is 52.9 Å². The minimum Gasteiger partial charge on any atom is -0.298 e. The van der Waals surface area contributed by atoms with Crippen molar-refractivity contribution in [2.45, 2.75) is 0 Å². The molecule has 0 atom stereocenters. The highest BCUT2D eigenvalue weighted by atomic mass is 79.9. The lowest BCUT2D eigenvalue weighted by Crippen LogP contribution is -2.10. The predicted molar refractivity (Wildman–Crippen MR) is 71.7 cm³/mol. The van der Waals surface area contributed by atoms with Gasteiger partial charge >= 0.3 is 5.91 Å². The van der Waals surface area contributed by atoms with Gasteiger partial charge in [0.25, 0.3) is 0 Å². The van der Waals surface area contributed by atoms with Gasteiger partial charge in [-0.05, 0) is 28.1 Å². The molecule has 0 saturated carbocycles. The van der Waals surface area contributed by atoms with Crippen molar-refractivity contribution in [3.8, 4) is 11.8 Å². The highest BCUT2D eigenvalue weighted by Crippen LogP contribution is 2.05. The molecule has 1 heterocycles. The monoisotopic (exact) mass is 301 g/mol. The highest BCUT2D eigenvalue weighted by molar-refractivity contribution is 9.10. The molecule has 0 fully saturated rings. The first-order chi connectivity index (χ1) is 8.74. The number of carbonyl (C=O) groups is 1. The Labute approximate surface area is 113 Å². The molecule has 0 unspecified atom stereocenters. The Morgan fingerprint density at radius 3 is 2.61 bits per heavy atom. The Morgan fingerprint density at radius 1 is 1.17 bits per heavy atom. The average Bonchev–Trinajstić information content (AvgIpc) is 2.40. The van der Waals surface area contributed by atoms with E-state index < -0.39 is 5.91 Å². The summed E-state index contributed by atoms with van der Waals surface area (Å²) in [6, 6.07) is 9.28. The van der Waals surface area contributed by atoms with Gasteiger partial charge in [0.15, 0.2) is 5.82 Å². The smallest absolute Gasteiger partial charge is 0.298 e. The predicted octanol–water partition coefficient (Wildman–Crippen LogP) is 2.23. The van der Waals surface area contributed by atoms with Gasteiger partial charge in [-0.3, -0.25) is 10.1 Å². The third-order valence-corrected chi connectivity index (χ3v) is 2.37. The van der Waals surface area contributed by atoms with E-state index >= 15 is 0 Å². The largest absolute Gasteiger partial charge is 0.301 e. The minimum absolute atomic E-state index is 0.366. The van der Waals surface area contributed by atoms with Gasteiger partial charge in [0, 0.05) is 11.5 Å². The number of anilines is 1. The zero-order valence-electron chi connectivity index (χ0n) is 9.22. The van der Waals surface area contributed by atoms with E-state index in [1.807, 2.05) is 30.3 Å². The van der Waals surface area contributed by atoms with Crippen molar-refractivity contribution >= 4 is 27.7 Å². The number of rotatable bonds is 1. The normalized spacial score (nSPS) is 9.17. The van der Waals surface area contributed by atoms with E-state index in [9.17, 15) is 4.79 Å². The second-order valence-electron chi connectivity index (χ2n) is 3.29. The fourth-order valence-corrected chi connectivity index (χ4v) is 1.38. The SMILES string of the molecule is O=C(C#Cc1ccccc1)Nc1cnc(Br)cn1. The number of nitrogens with one attached hydrogen (secondary N) is 1. The Bertz CT molecular complexity index is 600. The molecule has 88 valence electrons. The quantitative estimate of drug-likeness (QED) is 0.822. The standard InChI is InChI=1S/C13H8BrN3O/c14-11-8-16-12(9-15-11)17-13(18)7-6-10-4-2-1-3-5-10/h1-5,8-9H,(H,16,17,18). The van der Waals surface area contributed by atoms with E-state index in [1.165, 1.54) is 12.4 Å². The third-order valence-electron chi connectivity index (χ3n) is 1.96. The molecule has 0 saturated heterocycles. The van der Waals surface area contributed by atoms with Crippen LogP contribution >= 0.6 is 15.9 Å². The molecule has 0 radical (unpaired) electrons. The van der Waals surface area contributed by atoms with Crippen molar-refractivity contribution in [1.82, 2.24) is 9.97 Å². The number of nitrogens with zero attached hydrogens (tertiary/aromatic N) is 2. The fourth-order valence-electron chi connectivity index (χ4n) is 1.17. The first kappa shape index (κ1) is 12.3. The van der Waals surface area contributed by atoms with E-state index in [0.717, 1.165) is 5.56 Å². The van der Waals surface area contributed by atoms with Crippen LogP contribution in [0.2, 0.25) is 0 Å². The summed E-state index contributed by atoms with van der Waals surface area (Å²) < 4.78 is 0.607. The summed E-state index contributed by atoms with van der Waals surface area (Å²) in [5.74, 6) is 5.18. The number of benzene rings is 1. The molecule has 0 spiro atoms. The second kappa shape index (κ2) is 5.94. The van der Waals surface area contributed by atoms with Gasteiger partial charge in [0.1, 0.15) is 4.60 Å². The van der Waals surface area contributed by atoms with Crippen LogP contribution in [0.15, 0.2) is 47.3 Å². The van der Waals surface area contributed by atoms with Crippen LogP contribution in [0.5, 0.6) is 0 Å². The molecule has 18 heavy (non-hydrogen) atoms. The fraction of sp³-hybridized carbons (Fsp3) is 0. The summed E-state index contributed by atoms with van der Waals surface area (Å²) >= 11 is 3.16. The van der Waals surface area contributed by atoms with Crippen molar-refractivity contribution in [2.24, 2.45) is 0 Å². The van der Waals surface area contributed by atoms with E-state index in [2.05, 4.69) is 43.1 Å². The lowest BCUT2D eigenvalue weighted by molar-refractivity contribution is -0.111. The molecular weight excluding hydrogens is 294 g/mol. The average molecular weight is 302 g/mol. The van der Waals surface area contributed by atoms with Crippen LogP contribution in [0.1, 0.15) is 5.56 Å². The van der Waals surface area contributed by atoms with Crippen LogP contribution in [-0.2, 0) is 4.79 Å². The van der Waals surface area contributed by atoms with Gasteiger partial charge in [0.05, 0.1) is 12.4 Å². The molecule has 1 N–H and O–H groups in total. The van der Waals surface area contributed by atoms with Crippen molar-refractivity contribution in [3.63, 3.8) is 0 Å². The van der Waals surface area contributed by atoms with E-state index in [-0.39, 0.29) is 0 Å². The van der Waals surface area contributed by atoms with Crippen LogP contribution in [0.4, 0.5) is 5.82 Å². The van der Waals surface area contributed by atoms with Crippen LogP contribution in [0, 0.1) is 11.8 Å². The topological polar surface area (TPSA) is 54.9 Å². The van der Waals surface area contributed by atoms with Gasteiger partial charge in [-0.2, -0.15) is 0 Å². The maximum absolute atomic E-state index is 11.5. The van der Waals surface area contributed by atoms with E-state index in [4.69, 9.17) is 0 Å². The molecule has 1 amide bonds. The Balaban J connectivity index is 2.01. The van der Waals surface area contributed by atoms with E-state index in [1.54, 1.807) is 0 Å². The molecule has 5 heteroatoms. The lowest BCUT2D eigenvalue weighted by atomic mass is 10.2. The Morgan fingerprint density at radius 2 is 1.94 bits per heavy atom. The Kier molecular flexibility index (Phi) is 4.05. The molecule has 2 rings (SSSR count). The zero-order valence-corrected chi connectivity index (χ0v) is 10.8. The van der Waals surface area contributed by atoms with Gasteiger partial charge in [-0.1, -0.05) is 24.1 Å². The maximum atomic E-state index is 11.5. The molecule has 0 aliphatic rings. The third kappa shape index (κ3) is 3.68. The molecule has 1 aromatic carbocycles. The molecule has 1 aromatic heterocycles. The number of hydrogen-bond acceptors (Lipinski definition) is 3. The summed E-state index contributed by atoms with van der Waals surface area (Å²) in [5, 5.41) is 2.53. The van der Waals surface area contributed by atoms with Crippen LogP contribution in [0.3, 0.4) is 0 Å². The molecule has 4 nitrogen and oxygen atoms in total. The molecule has 2 aromatic rings. The molecule has 0 aliphatic carbocycles. The summed E-state index contributed by atoms with van der Waals surface area (Å²) in [4.78, 5) is 19.4. The number of aromatic nitrogens is 2. The second-order valence-corrected chi connectivity index (χ2v) is 4.11. The number of carbonyl (C=O) groups excluding carboxylic acids is 1. The highest BCUT2D eigenvalue weighted by Gasteiger charge is 1.99. The van der Waals surface area contributed by atoms with Gasteiger partial charge in [-0.15, -0.1) is 0 Å². The summed E-state index contributed by atoms with van der Waals surface area (Å²) in [6.45, 7) is 0.